The number of hydrogen-bond donors (Lipinski definition) is 1. The van der Waals surface area contributed by atoms with Gasteiger partial charge in [-0.15, -0.1) is 0 Å². The van der Waals surface area contributed by atoms with E-state index in [2.05, 4.69) is 27.6 Å². The summed E-state index contributed by atoms with van der Waals surface area (Å²) in [7, 11) is 0. The number of pyridine rings is 1. The second-order valence-corrected chi connectivity index (χ2v) is 3.79. The molecule has 0 spiro atoms. The molecule has 0 saturated carbocycles. The van der Waals surface area contributed by atoms with Gasteiger partial charge in [0.1, 0.15) is 5.82 Å². The van der Waals surface area contributed by atoms with Crippen LogP contribution < -0.4 is 5.73 Å². The highest BCUT2D eigenvalue weighted by Crippen LogP contribution is 2.18. The van der Waals surface area contributed by atoms with Gasteiger partial charge >= 0.3 is 0 Å². The second kappa shape index (κ2) is 2.62. The fourth-order valence-electron chi connectivity index (χ4n) is 1.17. The highest BCUT2D eigenvalue weighted by atomic mass is 127. The Morgan fingerprint density at radius 2 is 2.33 bits per heavy atom. The van der Waals surface area contributed by atoms with Crippen molar-refractivity contribution in [1.82, 2.24) is 9.38 Å². The molecule has 2 aromatic rings. The zero-order valence-corrected chi connectivity index (χ0v) is 8.74. The van der Waals surface area contributed by atoms with Gasteiger partial charge in [-0.2, -0.15) is 0 Å². The lowest BCUT2D eigenvalue weighted by Gasteiger charge is -1.96. The molecular formula is C8H8IN3. The number of aromatic nitrogens is 2. The number of rotatable bonds is 0. The van der Waals surface area contributed by atoms with Crippen LogP contribution >= 0.6 is 22.6 Å². The third-order valence-electron chi connectivity index (χ3n) is 1.82. The molecule has 3 nitrogen and oxygen atoms in total. The van der Waals surface area contributed by atoms with Crippen molar-refractivity contribution in [2.45, 2.75) is 6.92 Å². The lowest BCUT2D eigenvalue weighted by Crippen LogP contribution is -1.93. The summed E-state index contributed by atoms with van der Waals surface area (Å²) in [5.74, 6) is 0.725. The Kier molecular flexibility index (Phi) is 1.71. The van der Waals surface area contributed by atoms with E-state index in [1.807, 2.05) is 29.7 Å². The number of imidazole rings is 1. The third kappa shape index (κ3) is 0.979. The zero-order chi connectivity index (χ0) is 8.72. The van der Waals surface area contributed by atoms with Gasteiger partial charge in [0.25, 0.3) is 0 Å². The van der Waals surface area contributed by atoms with E-state index in [-0.39, 0.29) is 0 Å². The van der Waals surface area contributed by atoms with Crippen molar-refractivity contribution in [3.8, 4) is 0 Å². The minimum absolute atomic E-state index is 0.725. The Balaban J connectivity index is 2.95. The van der Waals surface area contributed by atoms with Gasteiger partial charge in [-0.1, -0.05) is 0 Å². The molecule has 0 radical (unpaired) electrons. The van der Waals surface area contributed by atoms with Crippen molar-refractivity contribution in [3.63, 3.8) is 0 Å². The highest BCUT2D eigenvalue weighted by molar-refractivity contribution is 14.1. The molecule has 4 heteroatoms. The van der Waals surface area contributed by atoms with Crippen LogP contribution in [0.4, 0.5) is 5.82 Å². The van der Waals surface area contributed by atoms with E-state index in [0.717, 1.165) is 20.7 Å². The topological polar surface area (TPSA) is 43.3 Å². The average Bonchev–Trinajstić information content (AvgIpc) is 2.32. The average molecular weight is 273 g/mol. The first-order chi connectivity index (χ1) is 5.70. The molecule has 2 heterocycles. The Bertz CT molecular complexity index is 433. The lowest BCUT2D eigenvalue weighted by atomic mass is 10.5. The number of nitrogen functional groups attached to an aromatic ring is 1. The molecular weight excluding hydrogens is 265 g/mol. The van der Waals surface area contributed by atoms with Crippen LogP contribution in [0.15, 0.2) is 18.3 Å². The molecule has 0 atom stereocenters. The smallest absolute Gasteiger partial charge is 0.152 e. The summed E-state index contributed by atoms with van der Waals surface area (Å²) >= 11 is 2.25. The predicted octanol–water partition coefficient (Wildman–Crippen LogP) is 1.83. The van der Waals surface area contributed by atoms with E-state index in [1.165, 1.54) is 0 Å². The Morgan fingerprint density at radius 1 is 1.58 bits per heavy atom. The largest absolute Gasteiger partial charge is 0.383 e. The summed E-state index contributed by atoms with van der Waals surface area (Å²) in [6.07, 6.45) is 1.92. The summed E-state index contributed by atoms with van der Waals surface area (Å²) in [6.45, 7) is 1.92. The molecule has 0 saturated heterocycles. The van der Waals surface area contributed by atoms with E-state index in [4.69, 9.17) is 5.73 Å². The Labute approximate surface area is 83.7 Å². The monoisotopic (exact) mass is 273 g/mol. The van der Waals surface area contributed by atoms with Gasteiger partial charge in [0, 0.05) is 6.20 Å². The fourth-order valence-corrected chi connectivity index (χ4v) is 1.75. The number of nitrogens with two attached hydrogens (primary N) is 1. The van der Waals surface area contributed by atoms with Crippen LogP contribution in [0.1, 0.15) is 5.69 Å². The van der Waals surface area contributed by atoms with Crippen LogP contribution in [0, 0.1) is 10.5 Å². The molecule has 0 aromatic carbocycles. The summed E-state index contributed by atoms with van der Waals surface area (Å²) < 4.78 is 3.02. The summed E-state index contributed by atoms with van der Waals surface area (Å²) in [5, 5.41) is 0. The molecule has 0 aliphatic rings. The van der Waals surface area contributed by atoms with E-state index in [9.17, 15) is 0 Å². The van der Waals surface area contributed by atoms with Gasteiger partial charge in [-0.3, -0.25) is 4.40 Å². The first kappa shape index (κ1) is 7.85. The summed E-state index contributed by atoms with van der Waals surface area (Å²) in [6, 6.07) is 3.98. The molecule has 12 heavy (non-hydrogen) atoms. The van der Waals surface area contributed by atoms with Gasteiger partial charge in [-0.05, 0) is 41.6 Å². The number of aryl methyl sites for hydroxylation is 1. The minimum Gasteiger partial charge on any atom is -0.383 e. The van der Waals surface area contributed by atoms with E-state index < -0.39 is 0 Å². The van der Waals surface area contributed by atoms with Gasteiger partial charge in [0.15, 0.2) is 5.65 Å². The van der Waals surface area contributed by atoms with Crippen molar-refractivity contribution >= 4 is 34.1 Å². The predicted molar refractivity (Wildman–Crippen MR) is 57.1 cm³/mol. The van der Waals surface area contributed by atoms with Crippen molar-refractivity contribution in [2.75, 3.05) is 5.73 Å². The molecule has 0 aliphatic heterocycles. The van der Waals surface area contributed by atoms with Crippen LogP contribution in [0.5, 0.6) is 0 Å². The number of halogens is 1. The molecule has 62 valence electrons. The van der Waals surface area contributed by atoms with Crippen molar-refractivity contribution in [2.24, 2.45) is 0 Å². The summed E-state index contributed by atoms with van der Waals surface area (Å²) in [4.78, 5) is 4.34. The number of nitrogens with zero attached hydrogens (tertiary/aromatic N) is 2. The normalized spacial score (nSPS) is 10.8. The molecule has 0 bridgehead atoms. The molecule has 2 N–H and O–H groups in total. The third-order valence-corrected chi connectivity index (χ3v) is 2.67. The van der Waals surface area contributed by atoms with E-state index >= 15 is 0 Å². The number of fused-ring (bicyclic) bond motifs is 1. The van der Waals surface area contributed by atoms with Gasteiger partial charge in [0.2, 0.25) is 0 Å². The van der Waals surface area contributed by atoms with Crippen molar-refractivity contribution in [1.29, 1.82) is 0 Å². The molecule has 0 fully saturated rings. The summed E-state index contributed by atoms with van der Waals surface area (Å²) in [5.41, 5.74) is 7.63. The maximum atomic E-state index is 5.80. The maximum Gasteiger partial charge on any atom is 0.152 e. The Morgan fingerprint density at radius 3 is 3.00 bits per heavy atom. The van der Waals surface area contributed by atoms with Gasteiger partial charge in [-0.25, -0.2) is 4.98 Å². The quantitative estimate of drug-likeness (QED) is 0.744. The minimum atomic E-state index is 0.725. The molecule has 2 rings (SSSR count). The van der Waals surface area contributed by atoms with E-state index in [1.54, 1.807) is 0 Å². The van der Waals surface area contributed by atoms with E-state index in [0.29, 0.717) is 0 Å². The maximum absolute atomic E-state index is 5.80. The zero-order valence-electron chi connectivity index (χ0n) is 6.58. The van der Waals surface area contributed by atoms with Crippen LogP contribution in [0.25, 0.3) is 5.65 Å². The SMILES string of the molecule is Cc1nc2c(I)cccn2c1N. The van der Waals surface area contributed by atoms with Crippen LogP contribution in [0.2, 0.25) is 0 Å². The van der Waals surface area contributed by atoms with Crippen LogP contribution in [0.3, 0.4) is 0 Å². The first-order valence-corrected chi connectivity index (χ1v) is 4.66. The van der Waals surface area contributed by atoms with Crippen molar-refractivity contribution in [3.05, 3.63) is 27.6 Å². The highest BCUT2D eigenvalue weighted by Gasteiger charge is 2.05. The van der Waals surface area contributed by atoms with Gasteiger partial charge < -0.3 is 5.73 Å². The van der Waals surface area contributed by atoms with Gasteiger partial charge in [0.05, 0.1) is 9.26 Å². The van der Waals surface area contributed by atoms with Crippen molar-refractivity contribution < 1.29 is 0 Å². The molecule has 2 aromatic heterocycles. The van der Waals surface area contributed by atoms with Crippen LogP contribution in [-0.4, -0.2) is 9.38 Å². The Hall–Kier alpha value is -0.780. The molecule has 0 unspecified atom stereocenters. The number of anilines is 1. The molecule has 0 amide bonds. The fraction of sp³-hybridized carbons (Fsp3) is 0.125. The number of hydrogen-bond acceptors (Lipinski definition) is 2. The van der Waals surface area contributed by atoms with Crippen LogP contribution in [-0.2, 0) is 0 Å². The molecule has 0 aliphatic carbocycles. The standard InChI is InChI=1S/C8H8IN3/c1-5-7(10)12-4-2-3-6(9)8(12)11-5/h2-4H,10H2,1H3. The first-order valence-electron chi connectivity index (χ1n) is 3.59. The lowest BCUT2D eigenvalue weighted by molar-refractivity contribution is 1.19. The second-order valence-electron chi connectivity index (χ2n) is 2.63.